The fourth-order valence-electron chi connectivity index (χ4n) is 6.91. The van der Waals surface area contributed by atoms with Crippen LogP contribution in [0.15, 0.2) is 60.2 Å². The predicted octanol–water partition coefficient (Wildman–Crippen LogP) is 4.29. The minimum absolute atomic E-state index is 0.0207. The first-order chi connectivity index (χ1) is 23.6. The summed E-state index contributed by atoms with van der Waals surface area (Å²) in [5.74, 6) is -1.82. The summed E-state index contributed by atoms with van der Waals surface area (Å²) < 4.78 is 35.3. The number of pyridine rings is 2. The summed E-state index contributed by atoms with van der Waals surface area (Å²) in [6, 6.07) is 8.71. The largest absolute Gasteiger partial charge is 0.355 e. The molecule has 248 valence electrons. The van der Waals surface area contributed by atoms with Crippen LogP contribution in [-0.4, -0.2) is 70.5 Å². The SMILES string of the molecule is C=CC(=O)N1CC(C)N(c2nc(=O)n3c4nc(c(F)cc24)-c2c(F)cccc2Cn2nncc2Cc2ccnc(C(C)C)c2-3)CC1CC#N. The molecule has 0 aliphatic carbocycles. The van der Waals surface area contributed by atoms with Gasteiger partial charge in [0, 0.05) is 37.3 Å². The van der Waals surface area contributed by atoms with Crippen LogP contribution in [0.25, 0.3) is 28.0 Å². The van der Waals surface area contributed by atoms with Crippen LogP contribution in [0.3, 0.4) is 0 Å². The fraction of sp³-hybridized carbons (Fsp3) is 0.314. The molecule has 12 nitrogen and oxygen atoms in total. The van der Waals surface area contributed by atoms with E-state index in [-0.39, 0.29) is 72.0 Å². The molecule has 1 amide bonds. The number of amides is 1. The van der Waals surface area contributed by atoms with Crippen LogP contribution in [-0.2, 0) is 17.8 Å². The van der Waals surface area contributed by atoms with E-state index in [9.17, 15) is 14.9 Å². The minimum Gasteiger partial charge on any atom is -0.349 e. The van der Waals surface area contributed by atoms with Gasteiger partial charge in [-0.3, -0.25) is 9.78 Å². The third kappa shape index (κ3) is 5.31. The lowest BCUT2D eigenvalue weighted by atomic mass is 9.99. The third-order valence-corrected chi connectivity index (χ3v) is 9.23. The molecule has 14 heteroatoms. The van der Waals surface area contributed by atoms with E-state index >= 15 is 8.78 Å². The summed E-state index contributed by atoms with van der Waals surface area (Å²) in [4.78, 5) is 44.5. The Morgan fingerprint density at radius 1 is 1.16 bits per heavy atom. The van der Waals surface area contributed by atoms with Crippen molar-refractivity contribution in [3.63, 3.8) is 0 Å². The predicted molar refractivity (Wildman–Crippen MR) is 177 cm³/mol. The van der Waals surface area contributed by atoms with E-state index in [2.05, 4.69) is 32.9 Å². The molecule has 1 fully saturated rings. The highest BCUT2D eigenvalue weighted by molar-refractivity contribution is 5.91. The zero-order valence-corrected chi connectivity index (χ0v) is 27.1. The van der Waals surface area contributed by atoms with E-state index < -0.39 is 23.4 Å². The zero-order valence-electron chi connectivity index (χ0n) is 27.1. The maximum atomic E-state index is 16.5. The number of hydrogen-bond acceptors (Lipinski definition) is 9. The molecule has 1 aromatic carbocycles. The molecule has 0 N–H and O–H groups in total. The van der Waals surface area contributed by atoms with Crippen molar-refractivity contribution in [2.24, 2.45) is 0 Å². The van der Waals surface area contributed by atoms with E-state index in [4.69, 9.17) is 4.98 Å². The van der Waals surface area contributed by atoms with Crippen LogP contribution < -0.4 is 10.6 Å². The van der Waals surface area contributed by atoms with Crippen molar-refractivity contribution >= 4 is 22.8 Å². The van der Waals surface area contributed by atoms with Gasteiger partial charge in [0.2, 0.25) is 5.91 Å². The monoisotopic (exact) mass is 662 g/mol. The van der Waals surface area contributed by atoms with Gasteiger partial charge in [-0.25, -0.2) is 27.8 Å². The summed E-state index contributed by atoms with van der Waals surface area (Å²) >= 11 is 0. The molecule has 2 aliphatic heterocycles. The first-order valence-corrected chi connectivity index (χ1v) is 15.9. The van der Waals surface area contributed by atoms with Crippen molar-refractivity contribution in [1.29, 1.82) is 5.26 Å². The average molecular weight is 663 g/mol. The lowest BCUT2D eigenvalue weighted by Gasteiger charge is -2.45. The quantitative estimate of drug-likeness (QED) is 0.253. The molecular weight excluding hydrogens is 630 g/mol. The van der Waals surface area contributed by atoms with Crippen molar-refractivity contribution in [1.82, 2.24) is 39.4 Å². The fourth-order valence-corrected chi connectivity index (χ4v) is 6.91. The molecule has 7 rings (SSSR count). The van der Waals surface area contributed by atoms with E-state index in [0.717, 1.165) is 0 Å². The van der Waals surface area contributed by atoms with Crippen molar-refractivity contribution in [3.8, 4) is 23.0 Å². The van der Waals surface area contributed by atoms with Gasteiger partial charge in [0.1, 0.15) is 23.1 Å². The Morgan fingerprint density at radius 3 is 2.73 bits per heavy atom. The van der Waals surface area contributed by atoms with Gasteiger partial charge in [-0.05, 0) is 48.2 Å². The summed E-state index contributed by atoms with van der Waals surface area (Å²) in [5.41, 5.74) is 1.89. The molecule has 1 saturated heterocycles. The zero-order chi connectivity index (χ0) is 34.6. The Kier molecular flexibility index (Phi) is 7.98. The van der Waals surface area contributed by atoms with E-state index in [1.807, 2.05) is 20.8 Å². The van der Waals surface area contributed by atoms with Gasteiger partial charge in [0.25, 0.3) is 0 Å². The number of piperazine rings is 1. The summed E-state index contributed by atoms with van der Waals surface area (Å²) in [6.45, 7) is 9.80. The lowest BCUT2D eigenvalue weighted by Crippen LogP contribution is -2.59. The average Bonchev–Trinajstić information content (AvgIpc) is 3.50. The number of carbonyl (C=O) groups is 1. The highest BCUT2D eigenvalue weighted by Crippen LogP contribution is 2.37. The van der Waals surface area contributed by atoms with Gasteiger partial charge in [-0.15, -0.1) is 5.10 Å². The number of hydrogen-bond donors (Lipinski definition) is 0. The highest BCUT2D eigenvalue weighted by Gasteiger charge is 2.36. The second-order valence-corrected chi connectivity index (χ2v) is 12.6. The molecule has 2 atom stereocenters. The van der Waals surface area contributed by atoms with Crippen LogP contribution in [0.5, 0.6) is 0 Å². The van der Waals surface area contributed by atoms with E-state index in [1.54, 1.807) is 45.1 Å². The standard InChI is InChI=1S/C35H32F2N10O2/c1-5-28(48)45-16-20(4)44(18-23(45)9-11-38)33-25-14-27(37)31-29-22(7-6-8-26(29)36)17-46-24(15-40-43-46)13-21-10-12-39-30(19(2)3)32(21)47(34(25)41-31)35(49)42-33/h5-8,10,12,14-15,19-20,23H,1,9,13,16-18H2,2-4H3. The second kappa shape index (κ2) is 12.3. The molecule has 2 aliphatic rings. The highest BCUT2D eigenvalue weighted by atomic mass is 19.1. The van der Waals surface area contributed by atoms with Crippen molar-refractivity contribution in [2.45, 2.75) is 58.2 Å². The van der Waals surface area contributed by atoms with Crippen molar-refractivity contribution in [2.75, 3.05) is 18.0 Å². The van der Waals surface area contributed by atoms with Crippen LogP contribution in [0, 0.1) is 23.0 Å². The second-order valence-electron chi connectivity index (χ2n) is 12.6. The number of fused-ring (bicyclic) bond motifs is 6. The summed E-state index contributed by atoms with van der Waals surface area (Å²) in [5, 5.41) is 18.2. The van der Waals surface area contributed by atoms with Gasteiger partial charge in [0.15, 0.2) is 5.65 Å². The summed E-state index contributed by atoms with van der Waals surface area (Å²) in [7, 11) is 0. The first-order valence-electron chi connectivity index (χ1n) is 15.9. The number of carbonyl (C=O) groups excluding carboxylic acids is 1. The number of aromatic nitrogens is 7. The van der Waals surface area contributed by atoms with Gasteiger partial charge >= 0.3 is 5.69 Å². The smallest absolute Gasteiger partial charge is 0.349 e. The lowest BCUT2D eigenvalue weighted by molar-refractivity contribution is -0.129. The molecule has 2 unspecified atom stereocenters. The summed E-state index contributed by atoms with van der Waals surface area (Å²) in [6.07, 6.45) is 4.80. The molecule has 0 saturated carbocycles. The van der Waals surface area contributed by atoms with Crippen molar-refractivity contribution in [3.05, 3.63) is 100 Å². The number of benzene rings is 1. The van der Waals surface area contributed by atoms with Crippen LogP contribution in [0.2, 0.25) is 0 Å². The normalized spacial score (nSPS) is 17.2. The molecule has 0 radical (unpaired) electrons. The van der Waals surface area contributed by atoms with Crippen LogP contribution in [0.4, 0.5) is 14.6 Å². The molecule has 5 aromatic rings. The van der Waals surface area contributed by atoms with Crippen molar-refractivity contribution < 1.29 is 13.6 Å². The van der Waals surface area contributed by atoms with E-state index in [0.29, 0.717) is 34.6 Å². The maximum Gasteiger partial charge on any atom is 0.355 e. The maximum absolute atomic E-state index is 16.5. The van der Waals surface area contributed by atoms with Gasteiger partial charge in [0.05, 0.1) is 53.7 Å². The molecule has 4 aromatic heterocycles. The topological polar surface area (TPSA) is 139 Å². The molecule has 0 spiro atoms. The van der Waals surface area contributed by atoms with Crippen LogP contribution >= 0.6 is 0 Å². The Hall–Kier alpha value is -5.84. The van der Waals surface area contributed by atoms with Crippen LogP contribution in [0.1, 0.15) is 55.6 Å². The molecule has 6 heterocycles. The number of nitrogens with zero attached hydrogens (tertiary/aromatic N) is 10. The Morgan fingerprint density at radius 2 is 1.98 bits per heavy atom. The van der Waals surface area contributed by atoms with Gasteiger partial charge in [-0.2, -0.15) is 10.2 Å². The molecular formula is C35H32F2N10O2. The number of nitriles is 1. The molecule has 2 bridgehead atoms. The number of anilines is 1. The number of halogens is 2. The molecule has 49 heavy (non-hydrogen) atoms. The van der Waals surface area contributed by atoms with E-state index in [1.165, 1.54) is 22.8 Å². The first kappa shape index (κ1) is 31.7. The third-order valence-electron chi connectivity index (χ3n) is 9.23. The number of rotatable bonds is 4. The minimum atomic E-state index is -0.819. The van der Waals surface area contributed by atoms with Gasteiger partial charge < -0.3 is 9.80 Å². The Labute approximate surface area is 280 Å². The Bertz CT molecular complexity index is 2260. The van der Waals surface area contributed by atoms with Gasteiger partial charge in [-0.1, -0.05) is 37.8 Å². The Balaban J connectivity index is 1.57.